The molecule has 82 valence electrons. The van der Waals surface area contributed by atoms with Crippen molar-refractivity contribution in [3.63, 3.8) is 0 Å². The van der Waals surface area contributed by atoms with Crippen molar-refractivity contribution in [2.45, 2.75) is 19.9 Å². The van der Waals surface area contributed by atoms with E-state index in [-0.39, 0.29) is 18.3 Å². The quantitative estimate of drug-likeness (QED) is 0.683. The number of nitrogens with zero attached hydrogens (tertiary/aromatic N) is 1. The van der Waals surface area contributed by atoms with Crippen LogP contribution < -0.4 is 5.73 Å². The maximum absolute atomic E-state index is 11.2. The molecule has 1 aromatic carbocycles. The number of carbonyl (C=O) groups excluding carboxylic acids is 1. The SMILES string of the molecule is CC(=O)N1CCc2ccc(N)cc2C1.Cl. The Labute approximate surface area is 95.7 Å². The molecular weight excluding hydrogens is 212 g/mol. The summed E-state index contributed by atoms with van der Waals surface area (Å²) in [4.78, 5) is 13.0. The van der Waals surface area contributed by atoms with Crippen LogP contribution in [0.1, 0.15) is 18.1 Å². The van der Waals surface area contributed by atoms with E-state index in [1.807, 2.05) is 17.0 Å². The summed E-state index contributed by atoms with van der Waals surface area (Å²) in [6.45, 7) is 3.14. The van der Waals surface area contributed by atoms with Gasteiger partial charge in [-0.1, -0.05) is 6.07 Å². The summed E-state index contributed by atoms with van der Waals surface area (Å²) in [7, 11) is 0. The number of rotatable bonds is 0. The molecule has 0 radical (unpaired) electrons. The molecular formula is C11H15ClN2O. The van der Waals surface area contributed by atoms with E-state index < -0.39 is 0 Å². The molecule has 1 aromatic rings. The van der Waals surface area contributed by atoms with Crippen LogP contribution in [0.5, 0.6) is 0 Å². The molecule has 1 amide bonds. The van der Waals surface area contributed by atoms with Gasteiger partial charge in [-0.05, 0) is 29.7 Å². The Morgan fingerprint density at radius 3 is 2.80 bits per heavy atom. The van der Waals surface area contributed by atoms with E-state index in [2.05, 4.69) is 6.07 Å². The fraction of sp³-hybridized carbons (Fsp3) is 0.364. The predicted octanol–water partition coefficient (Wildman–Crippen LogP) is 1.60. The van der Waals surface area contributed by atoms with Crippen molar-refractivity contribution in [2.24, 2.45) is 0 Å². The average molecular weight is 227 g/mol. The first-order chi connectivity index (χ1) is 6.66. The number of carbonyl (C=O) groups is 1. The fourth-order valence-electron chi connectivity index (χ4n) is 1.85. The Bertz CT molecular complexity index is 379. The number of halogens is 1. The second-order valence-corrected chi connectivity index (χ2v) is 3.72. The number of nitrogen functional groups attached to an aromatic ring is 1. The van der Waals surface area contributed by atoms with Gasteiger partial charge in [0.25, 0.3) is 0 Å². The van der Waals surface area contributed by atoms with E-state index in [0.717, 1.165) is 18.7 Å². The Balaban J connectivity index is 0.00000112. The van der Waals surface area contributed by atoms with Crippen LogP contribution >= 0.6 is 12.4 Å². The molecule has 0 saturated carbocycles. The van der Waals surface area contributed by atoms with Crippen molar-refractivity contribution in [1.29, 1.82) is 0 Å². The first-order valence-corrected chi connectivity index (χ1v) is 4.79. The van der Waals surface area contributed by atoms with E-state index in [0.29, 0.717) is 6.54 Å². The summed E-state index contributed by atoms with van der Waals surface area (Å²) < 4.78 is 0. The van der Waals surface area contributed by atoms with Crippen molar-refractivity contribution >= 4 is 24.0 Å². The Morgan fingerprint density at radius 2 is 2.13 bits per heavy atom. The zero-order chi connectivity index (χ0) is 10.1. The van der Waals surface area contributed by atoms with Crippen molar-refractivity contribution in [1.82, 2.24) is 4.90 Å². The Morgan fingerprint density at radius 1 is 1.40 bits per heavy atom. The molecule has 0 atom stereocenters. The van der Waals surface area contributed by atoms with Crippen molar-refractivity contribution in [3.05, 3.63) is 29.3 Å². The summed E-state index contributed by atoms with van der Waals surface area (Å²) in [5.41, 5.74) is 8.98. The average Bonchev–Trinajstić information content (AvgIpc) is 2.16. The van der Waals surface area contributed by atoms with Gasteiger partial charge in [-0.15, -0.1) is 12.4 Å². The highest BCUT2D eigenvalue weighted by Crippen LogP contribution is 2.21. The lowest BCUT2D eigenvalue weighted by Crippen LogP contribution is -2.34. The molecule has 2 rings (SSSR count). The summed E-state index contributed by atoms with van der Waals surface area (Å²) in [5, 5.41) is 0. The third kappa shape index (κ3) is 2.42. The van der Waals surface area contributed by atoms with Gasteiger partial charge in [0.2, 0.25) is 5.91 Å². The number of fused-ring (bicyclic) bond motifs is 1. The minimum atomic E-state index is 0. The lowest BCUT2D eigenvalue weighted by atomic mass is 9.99. The standard InChI is InChI=1S/C11H14N2O.ClH/c1-8(14)13-5-4-9-2-3-11(12)6-10(9)7-13;/h2-3,6H,4-5,7,12H2,1H3;1H. The molecule has 1 heterocycles. The normalized spacial score (nSPS) is 14.1. The van der Waals surface area contributed by atoms with Gasteiger partial charge >= 0.3 is 0 Å². The fourth-order valence-corrected chi connectivity index (χ4v) is 1.85. The second-order valence-electron chi connectivity index (χ2n) is 3.72. The van der Waals surface area contributed by atoms with Crippen molar-refractivity contribution in [3.8, 4) is 0 Å². The van der Waals surface area contributed by atoms with Gasteiger partial charge in [0, 0.05) is 25.7 Å². The predicted molar refractivity (Wildman–Crippen MR) is 62.9 cm³/mol. The van der Waals surface area contributed by atoms with E-state index in [4.69, 9.17) is 5.73 Å². The minimum Gasteiger partial charge on any atom is -0.399 e. The van der Waals surface area contributed by atoms with E-state index in [1.165, 1.54) is 11.1 Å². The number of nitrogens with two attached hydrogens (primary N) is 1. The molecule has 0 unspecified atom stereocenters. The third-order valence-electron chi connectivity index (χ3n) is 2.69. The maximum atomic E-state index is 11.2. The minimum absolute atomic E-state index is 0. The van der Waals surface area contributed by atoms with Crippen molar-refractivity contribution < 1.29 is 4.79 Å². The molecule has 0 bridgehead atoms. The zero-order valence-electron chi connectivity index (χ0n) is 8.69. The van der Waals surface area contributed by atoms with Crippen molar-refractivity contribution in [2.75, 3.05) is 12.3 Å². The number of benzene rings is 1. The van der Waals surface area contributed by atoms with Gasteiger partial charge < -0.3 is 10.6 Å². The third-order valence-corrected chi connectivity index (χ3v) is 2.69. The molecule has 0 aromatic heterocycles. The van der Waals surface area contributed by atoms with E-state index >= 15 is 0 Å². The molecule has 0 spiro atoms. The Kier molecular flexibility index (Phi) is 3.58. The van der Waals surface area contributed by atoms with Gasteiger partial charge in [-0.25, -0.2) is 0 Å². The van der Waals surface area contributed by atoms with Gasteiger partial charge in [-0.3, -0.25) is 4.79 Å². The molecule has 0 aliphatic carbocycles. The monoisotopic (exact) mass is 226 g/mol. The van der Waals surface area contributed by atoms with Crippen LogP contribution in [0.25, 0.3) is 0 Å². The molecule has 1 aliphatic heterocycles. The number of hydrogen-bond donors (Lipinski definition) is 1. The number of amides is 1. The second kappa shape index (κ2) is 4.53. The molecule has 0 saturated heterocycles. The van der Waals surface area contributed by atoms with Crippen LogP contribution in [0.2, 0.25) is 0 Å². The highest BCUT2D eigenvalue weighted by molar-refractivity contribution is 5.85. The number of anilines is 1. The van der Waals surface area contributed by atoms with Crippen LogP contribution in [-0.2, 0) is 17.8 Å². The lowest BCUT2D eigenvalue weighted by molar-refractivity contribution is -0.129. The smallest absolute Gasteiger partial charge is 0.219 e. The van der Waals surface area contributed by atoms with Crippen LogP contribution in [-0.4, -0.2) is 17.4 Å². The molecule has 2 N–H and O–H groups in total. The largest absolute Gasteiger partial charge is 0.399 e. The summed E-state index contributed by atoms with van der Waals surface area (Å²) in [6.07, 6.45) is 0.940. The summed E-state index contributed by atoms with van der Waals surface area (Å²) in [6, 6.07) is 5.94. The number of hydrogen-bond acceptors (Lipinski definition) is 2. The highest BCUT2D eigenvalue weighted by atomic mass is 35.5. The van der Waals surface area contributed by atoms with Gasteiger partial charge in [0.05, 0.1) is 0 Å². The zero-order valence-corrected chi connectivity index (χ0v) is 9.51. The van der Waals surface area contributed by atoms with Gasteiger partial charge in [0.1, 0.15) is 0 Å². The molecule has 4 heteroatoms. The maximum Gasteiger partial charge on any atom is 0.219 e. The van der Waals surface area contributed by atoms with Gasteiger partial charge in [-0.2, -0.15) is 0 Å². The Hall–Kier alpha value is -1.22. The van der Waals surface area contributed by atoms with Gasteiger partial charge in [0.15, 0.2) is 0 Å². The van der Waals surface area contributed by atoms with E-state index in [9.17, 15) is 4.79 Å². The van der Waals surface area contributed by atoms with Crippen LogP contribution in [0.3, 0.4) is 0 Å². The summed E-state index contributed by atoms with van der Waals surface area (Å²) in [5.74, 6) is 0.137. The molecule has 0 fully saturated rings. The molecule has 1 aliphatic rings. The topological polar surface area (TPSA) is 46.3 Å². The van der Waals surface area contributed by atoms with E-state index in [1.54, 1.807) is 6.92 Å². The van der Waals surface area contributed by atoms with Crippen LogP contribution in [0.4, 0.5) is 5.69 Å². The van der Waals surface area contributed by atoms with Crippen LogP contribution in [0.15, 0.2) is 18.2 Å². The molecule has 15 heavy (non-hydrogen) atoms. The molecule has 3 nitrogen and oxygen atoms in total. The first kappa shape index (κ1) is 11.9. The lowest BCUT2D eigenvalue weighted by Gasteiger charge is -2.28. The summed E-state index contributed by atoms with van der Waals surface area (Å²) >= 11 is 0. The highest BCUT2D eigenvalue weighted by Gasteiger charge is 2.17. The van der Waals surface area contributed by atoms with Crippen LogP contribution in [0, 0.1) is 0 Å². The first-order valence-electron chi connectivity index (χ1n) is 4.79.